The summed E-state index contributed by atoms with van der Waals surface area (Å²) in [4.78, 5) is 12.4. The molecular formula is C21H31ClO4S. The Morgan fingerprint density at radius 1 is 1.37 bits per heavy atom. The summed E-state index contributed by atoms with van der Waals surface area (Å²) in [5, 5.41) is 29.4. The molecule has 5 atom stereocenters. The van der Waals surface area contributed by atoms with Gasteiger partial charge in [-0.05, 0) is 50.2 Å². The maximum absolute atomic E-state index is 11.0. The second-order valence-corrected chi connectivity index (χ2v) is 9.20. The van der Waals surface area contributed by atoms with Gasteiger partial charge in [0, 0.05) is 16.2 Å². The number of aliphatic hydroxyl groups excluding tert-OH is 2. The average Bonchev–Trinajstić information content (AvgIpc) is 3.19. The first-order valence-electron chi connectivity index (χ1n) is 9.92. The number of aliphatic hydroxyl groups is 2. The topological polar surface area (TPSA) is 77.8 Å². The first kappa shape index (κ1) is 22.4. The molecule has 1 fully saturated rings. The Morgan fingerprint density at radius 3 is 2.81 bits per heavy atom. The van der Waals surface area contributed by atoms with Crippen molar-refractivity contribution in [2.45, 2.75) is 75.9 Å². The number of thiophene rings is 1. The molecule has 2 rings (SSSR count). The number of alkyl halides is 1. The number of carboxylic acids is 1. The van der Waals surface area contributed by atoms with E-state index in [9.17, 15) is 15.0 Å². The number of aryl methyl sites for hydroxylation is 1. The van der Waals surface area contributed by atoms with E-state index in [-0.39, 0.29) is 17.2 Å². The molecule has 0 spiro atoms. The van der Waals surface area contributed by atoms with Crippen molar-refractivity contribution in [2.24, 2.45) is 11.8 Å². The predicted octanol–water partition coefficient (Wildman–Crippen LogP) is 4.87. The third-order valence-corrected chi connectivity index (χ3v) is 7.00. The second-order valence-electron chi connectivity index (χ2n) is 7.47. The summed E-state index contributed by atoms with van der Waals surface area (Å²) in [6, 6.07) is 3.53. The zero-order chi connectivity index (χ0) is 19.8. The number of unbranched alkanes of at least 4 members (excludes halogenated alkanes) is 2. The van der Waals surface area contributed by atoms with Crippen molar-refractivity contribution < 1.29 is 20.1 Å². The molecule has 1 aliphatic rings. The molecular weight excluding hydrogens is 384 g/mol. The Hall–Kier alpha value is -0.880. The fourth-order valence-electron chi connectivity index (χ4n) is 3.83. The maximum Gasteiger partial charge on any atom is 0.345 e. The van der Waals surface area contributed by atoms with E-state index >= 15 is 0 Å². The molecule has 0 bridgehead atoms. The molecule has 0 radical (unpaired) electrons. The van der Waals surface area contributed by atoms with Crippen LogP contribution in [0.2, 0.25) is 0 Å². The maximum atomic E-state index is 11.0. The molecule has 0 unspecified atom stereocenters. The monoisotopic (exact) mass is 414 g/mol. The zero-order valence-corrected chi connectivity index (χ0v) is 17.5. The van der Waals surface area contributed by atoms with Crippen LogP contribution in [0.15, 0.2) is 24.3 Å². The highest BCUT2D eigenvalue weighted by Crippen LogP contribution is 2.40. The molecule has 0 amide bonds. The van der Waals surface area contributed by atoms with Crippen molar-refractivity contribution in [3.05, 3.63) is 34.0 Å². The van der Waals surface area contributed by atoms with E-state index in [2.05, 4.69) is 6.92 Å². The molecule has 4 nitrogen and oxygen atoms in total. The third kappa shape index (κ3) is 6.90. The second kappa shape index (κ2) is 11.2. The first-order chi connectivity index (χ1) is 12.9. The van der Waals surface area contributed by atoms with Crippen molar-refractivity contribution in [2.75, 3.05) is 0 Å². The average molecular weight is 415 g/mol. The summed E-state index contributed by atoms with van der Waals surface area (Å²) >= 11 is 7.80. The molecule has 0 saturated heterocycles. The molecule has 1 heterocycles. The number of aromatic carboxylic acids is 1. The molecule has 1 aliphatic carbocycles. The van der Waals surface area contributed by atoms with E-state index in [4.69, 9.17) is 16.7 Å². The SMILES string of the molecule is CCCCC[C@H](O)C=C[C@@H]1[C@@H](CCCc2ccc(C(=O)O)s2)[C@H](Cl)C[C@H]1O. The quantitative estimate of drug-likeness (QED) is 0.274. The smallest absolute Gasteiger partial charge is 0.345 e. The third-order valence-electron chi connectivity index (χ3n) is 5.36. The molecule has 3 N–H and O–H groups in total. The number of hydrogen-bond donors (Lipinski definition) is 3. The standard InChI is InChI=1S/C21H31ClO4S/c1-2-3-4-6-14(23)9-11-17-16(18(22)13-19(17)24)8-5-7-15-10-12-20(27-15)21(25)26/h9-12,14,16-19,23-24H,2-8,13H2,1H3,(H,25,26)/t14-,16+,17+,18+,19+/m0/s1. The lowest BCUT2D eigenvalue weighted by atomic mass is 9.89. The summed E-state index contributed by atoms with van der Waals surface area (Å²) in [7, 11) is 0. The largest absolute Gasteiger partial charge is 0.477 e. The van der Waals surface area contributed by atoms with Crippen LogP contribution in [0.1, 0.15) is 66.4 Å². The van der Waals surface area contributed by atoms with Crippen LogP contribution in [0, 0.1) is 11.8 Å². The molecule has 152 valence electrons. The highest BCUT2D eigenvalue weighted by atomic mass is 35.5. The van der Waals surface area contributed by atoms with Gasteiger partial charge in [0.2, 0.25) is 0 Å². The van der Waals surface area contributed by atoms with Gasteiger partial charge in [-0.1, -0.05) is 38.3 Å². The van der Waals surface area contributed by atoms with Crippen molar-refractivity contribution in [1.29, 1.82) is 0 Å². The summed E-state index contributed by atoms with van der Waals surface area (Å²) < 4.78 is 0. The van der Waals surface area contributed by atoms with Gasteiger partial charge in [0.25, 0.3) is 0 Å². The van der Waals surface area contributed by atoms with E-state index in [0.717, 1.165) is 49.8 Å². The van der Waals surface area contributed by atoms with Crippen LogP contribution in [0.4, 0.5) is 0 Å². The number of carboxylic acid groups (broad SMARTS) is 1. The summed E-state index contributed by atoms with van der Waals surface area (Å²) in [6.07, 6.45) is 10.1. The molecule has 1 aromatic rings. The minimum Gasteiger partial charge on any atom is -0.477 e. The van der Waals surface area contributed by atoms with Crippen LogP contribution in [0.3, 0.4) is 0 Å². The fourth-order valence-corrected chi connectivity index (χ4v) is 5.19. The van der Waals surface area contributed by atoms with Gasteiger partial charge in [-0.2, -0.15) is 0 Å². The molecule has 6 heteroatoms. The fraction of sp³-hybridized carbons (Fsp3) is 0.667. The Morgan fingerprint density at radius 2 is 2.15 bits per heavy atom. The van der Waals surface area contributed by atoms with Crippen molar-refractivity contribution >= 4 is 28.9 Å². The van der Waals surface area contributed by atoms with Crippen molar-refractivity contribution in [3.8, 4) is 0 Å². The number of hydrogen-bond acceptors (Lipinski definition) is 4. The summed E-state index contributed by atoms with van der Waals surface area (Å²) in [6.45, 7) is 2.14. The van der Waals surface area contributed by atoms with Crippen LogP contribution < -0.4 is 0 Å². The Balaban J connectivity index is 1.85. The molecule has 0 aliphatic heterocycles. The van der Waals surface area contributed by atoms with Gasteiger partial charge in [0.15, 0.2) is 0 Å². The normalized spacial score (nSPS) is 26.7. The molecule has 1 saturated carbocycles. The van der Waals surface area contributed by atoms with Gasteiger partial charge in [-0.3, -0.25) is 0 Å². The molecule has 1 aromatic heterocycles. The van der Waals surface area contributed by atoms with Gasteiger partial charge in [-0.15, -0.1) is 22.9 Å². The van der Waals surface area contributed by atoms with Crippen molar-refractivity contribution in [1.82, 2.24) is 0 Å². The van der Waals surface area contributed by atoms with Gasteiger partial charge in [-0.25, -0.2) is 4.79 Å². The number of halogens is 1. The van der Waals surface area contributed by atoms with Gasteiger partial charge < -0.3 is 15.3 Å². The minimum absolute atomic E-state index is 0.0220. The van der Waals surface area contributed by atoms with Crippen LogP contribution in [-0.2, 0) is 6.42 Å². The first-order valence-corrected chi connectivity index (χ1v) is 11.2. The highest BCUT2D eigenvalue weighted by Gasteiger charge is 2.39. The van der Waals surface area contributed by atoms with Gasteiger partial charge >= 0.3 is 5.97 Å². The minimum atomic E-state index is -0.881. The van der Waals surface area contributed by atoms with Crippen LogP contribution in [0.25, 0.3) is 0 Å². The van der Waals surface area contributed by atoms with Crippen LogP contribution in [-0.4, -0.2) is 38.9 Å². The molecule has 0 aromatic carbocycles. The zero-order valence-electron chi connectivity index (χ0n) is 15.9. The lowest BCUT2D eigenvalue weighted by Crippen LogP contribution is -2.19. The number of rotatable bonds is 11. The lowest BCUT2D eigenvalue weighted by Gasteiger charge is -2.21. The Bertz CT molecular complexity index is 615. The Kier molecular flexibility index (Phi) is 9.30. The highest BCUT2D eigenvalue weighted by molar-refractivity contribution is 7.13. The molecule has 27 heavy (non-hydrogen) atoms. The summed E-state index contributed by atoms with van der Waals surface area (Å²) in [5.74, 6) is -0.723. The van der Waals surface area contributed by atoms with E-state index in [0.29, 0.717) is 11.3 Å². The van der Waals surface area contributed by atoms with Crippen molar-refractivity contribution in [3.63, 3.8) is 0 Å². The van der Waals surface area contributed by atoms with Crippen LogP contribution >= 0.6 is 22.9 Å². The van der Waals surface area contributed by atoms with E-state index in [1.165, 1.54) is 11.3 Å². The lowest BCUT2D eigenvalue weighted by molar-refractivity contribution is 0.0702. The number of carbonyl (C=O) groups is 1. The van der Waals surface area contributed by atoms with Gasteiger partial charge in [0.05, 0.1) is 12.2 Å². The van der Waals surface area contributed by atoms with E-state index in [1.807, 2.05) is 18.2 Å². The summed E-state index contributed by atoms with van der Waals surface area (Å²) in [5.41, 5.74) is 0. The Labute approximate surface area is 170 Å². The predicted molar refractivity (Wildman–Crippen MR) is 111 cm³/mol. The van der Waals surface area contributed by atoms with Crippen LogP contribution in [0.5, 0.6) is 0 Å². The van der Waals surface area contributed by atoms with Gasteiger partial charge in [0.1, 0.15) is 4.88 Å². The van der Waals surface area contributed by atoms with E-state index < -0.39 is 18.2 Å². The van der Waals surface area contributed by atoms with E-state index in [1.54, 1.807) is 6.07 Å².